The monoisotopic (exact) mass is 405 g/mol. The zero-order chi connectivity index (χ0) is 21.7. The van der Waals surface area contributed by atoms with Gasteiger partial charge in [0.15, 0.2) is 0 Å². The molecule has 3 rings (SSSR count). The highest BCUT2D eigenvalue weighted by atomic mass is 16.6. The van der Waals surface area contributed by atoms with Gasteiger partial charge in [0.1, 0.15) is 0 Å². The second-order valence-corrected chi connectivity index (χ2v) is 7.08. The summed E-state index contributed by atoms with van der Waals surface area (Å²) in [4.78, 5) is 23.4. The summed E-state index contributed by atoms with van der Waals surface area (Å²) >= 11 is 0. The van der Waals surface area contributed by atoms with Crippen LogP contribution in [0.25, 0.3) is 11.1 Å². The molecule has 7 heteroatoms. The third kappa shape index (κ3) is 4.64. The van der Waals surface area contributed by atoms with Gasteiger partial charge in [0.2, 0.25) is 0 Å². The fraction of sp³-hybridized carbons (Fsp3) is 0.174. The van der Waals surface area contributed by atoms with Gasteiger partial charge in [0.05, 0.1) is 10.5 Å². The average molecular weight is 405 g/mol. The number of benzene rings is 3. The zero-order valence-corrected chi connectivity index (χ0v) is 16.5. The lowest BCUT2D eigenvalue weighted by Crippen LogP contribution is -2.25. The fourth-order valence-electron chi connectivity index (χ4n) is 3.32. The van der Waals surface area contributed by atoms with Crippen molar-refractivity contribution in [3.05, 3.63) is 93.5 Å². The van der Waals surface area contributed by atoms with Crippen LogP contribution in [-0.4, -0.2) is 22.5 Å². The van der Waals surface area contributed by atoms with Crippen molar-refractivity contribution in [1.29, 1.82) is 0 Å². The molecule has 0 bridgehead atoms. The molecule has 3 aromatic rings. The van der Waals surface area contributed by atoms with Crippen LogP contribution in [-0.2, 0) is 6.54 Å². The summed E-state index contributed by atoms with van der Waals surface area (Å²) < 4.78 is 0. The molecule has 0 aromatic heterocycles. The number of nitrogen functional groups attached to an aromatic ring is 1. The lowest BCUT2D eigenvalue weighted by Gasteiger charge is -2.17. The van der Waals surface area contributed by atoms with Crippen molar-refractivity contribution < 1.29 is 14.8 Å². The van der Waals surface area contributed by atoms with E-state index in [1.165, 1.54) is 12.1 Å². The molecule has 154 valence electrons. The normalized spacial score (nSPS) is 11.7. The first-order chi connectivity index (χ1) is 14.4. The number of carbonyl (C=O) groups is 1. The van der Waals surface area contributed by atoms with Gasteiger partial charge in [0, 0.05) is 36.9 Å². The van der Waals surface area contributed by atoms with Crippen LogP contribution >= 0.6 is 0 Å². The van der Waals surface area contributed by atoms with Gasteiger partial charge in [-0.15, -0.1) is 0 Å². The minimum Gasteiger partial charge on any atom is -0.398 e. The van der Waals surface area contributed by atoms with Crippen molar-refractivity contribution >= 4 is 17.3 Å². The highest BCUT2D eigenvalue weighted by Crippen LogP contribution is 2.31. The van der Waals surface area contributed by atoms with Gasteiger partial charge in [0.25, 0.3) is 11.6 Å². The largest absolute Gasteiger partial charge is 0.398 e. The third-order valence-corrected chi connectivity index (χ3v) is 4.93. The molecule has 4 N–H and O–H groups in total. The average Bonchev–Trinajstić information content (AvgIpc) is 2.77. The Labute approximate surface area is 174 Å². The first-order valence-corrected chi connectivity index (χ1v) is 9.52. The van der Waals surface area contributed by atoms with Gasteiger partial charge < -0.3 is 16.2 Å². The summed E-state index contributed by atoms with van der Waals surface area (Å²) in [6, 6.07) is 20.1. The Balaban J connectivity index is 1.79. The maximum atomic E-state index is 12.8. The molecule has 3 aromatic carbocycles. The summed E-state index contributed by atoms with van der Waals surface area (Å²) in [5, 5.41) is 23.5. The number of nitrogens with zero attached hydrogens (tertiary/aromatic N) is 1. The summed E-state index contributed by atoms with van der Waals surface area (Å²) in [5.41, 5.74) is 9.36. The zero-order valence-electron chi connectivity index (χ0n) is 16.5. The Kier molecular flexibility index (Phi) is 6.44. The van der Waals surface area contributed by atoms with Gasteiger partial charge in [-0.25, -0.2) is 0 Å². The Morgan fingerprint density at radius 3 is 2.33 bits per heavy atom. The molecule has 0 saturated carbocycles. The smallest absolute Gasteiger partial charge is 0.272 e. The van der Waals surface area contributed by atoms with E-state index >= 15 is 0 Å². The number of hydrogen-bond acceptors (Lipinski definition) is 5. The number of aliphatic hydroxyl groups excluding tert-OH is 1. The predicted octanol–water partition coefficient (Wildman–Crippen LogP) is 3.87. The highest BCUT2D eigenvalue weighted by molar-refractivity contribution is 5.98. The lowest BCUT2D eigenvalue weighted by molar-refractivity contribution is -0.384. The Morgan fingerprint density at radius 2 is 1.73 bits per heavy atom. The fourth-order valence-corrected chi connectivity index (χ4v) is 3.32. The van der Waals surface area contributed by atoms with Gasteiger partial charge >= 0.3 is 0 Å². The molecule has 1 atom stereocenters. The van der Waals surface area contributed by atoms with Gasteiger partial charge in [-0.3, -0.25) is 14.9 Å². The standard InChI is InChI=1S/C23H23N3O4/c1-15(14-27)22-20(11-19(26(29)30)12-21(22)24)23(28)25-13-16-7-9-18(10-8-16)17-5-3-2-4-6-17/h2-12,15,27H,13-14,24H2,1H3,(H,25,28). The molecule has 0 radical (unpaired) electrons. The second kappa shape index (κ2) is 9.19. The topological polar surface area (TPSA) is 118 Å². The molecular weight excluding hydrogens is 382 g/mol. The SMILES string of the molecule is CC(CO)c1c(N)cc([N+](=O)[O-])cc1C(=O)NCc1ccc(-c2ccccc2)cc1. The number of nitrogens with one attached hydrogen (secondary N) is 1. The molecule has 1 unspecified atom stereocenters. The van der Waals surface area contributed by atoms with Crippen molar-refractivity contribution in [3.63, 3.8) is 0 Å². The van der Waals surface area contributed by atoms with Crippen molar-refractivity contribution in [2.45, 2.75) is 19.4 Å². The predicted molar refractivity (Wildman–Crippen MR) is 116 cm³/mol. The molecule has 0 aliphatic carbocycles. The maximum Gasteiger partial charge on any atom is 0.272 e. The van der Waals surface area contributed by atoms with E-state index in [4.69, 9.17) is 5.73 Å². The Hall–Kier alpha value is -3.71. The van der Waals surface area contributed by atoms with Gasteiger partial charge in [-0.05, 0) is 22.3 Å². The lowest BCUT2D eigenvalue weighted by atomic mass is 9.93. The number of anilines is 1. The summed E-state index contributed by atoms with van der Waals surface area (Å²) in [6.45, 7) is 1.73. The van der Waals surface area contributed by atoms with E-state index in [0.717, 1.165) is 16.7 Å². The van der Waals surface area contributed by atoms with Crippen LogP contribution in [0, 0.1) is 10.1 Å². The van der Waals surface area contributed by atoms with Crippen LogP contribution in [0.3, 0.4) is 0 Å². The van der Waals surface area contributed by atoms with Crippen LogP contribution in [0.15, 0.2) is 66.7 Å². The van der Waals surface area contributed by atoms with E-state index in [-0.39, 0.29) is 30.1 Å². The van der Waals surface area contributed by atoms with Crippen molar-refractivity contribution in [3.8, 4) is 11.1 Å². The van der Waals surface area contributed by atoms with E-state index in [9.17, 15) is 20.0 Å². The number of non-ortho nitro benzene ring substituents is 1. The molecule has 0 spiro atoms. The van der Waals surface area contributed by atoms with Crippen LogP contribution < -0.4 is 11.1 Å². The highest BCUT2D eigenvalue weighted by Gasteiger charge is 2.23. The summed E-state index contributed by atoms with van der Waals surface area (Å²) in [5.74, 6) is -0.912. The van der Waals surface area contributed by atoms with Crippen LogP contribution in [0.4, 0.5) is 11.4 Å². The summed E-state index contributed by atoms with van der Waals surface area (Å²) in [6.07, 6.45) is 0. The maximum absolute atomic E-state index is 12.8. The van der Waals surface area contributed by atoms with Crippen molar-refractivity contribution in [2.24, 2.45) is 0 Å². The molecule has 0 saturated heterocycles. The van der Waals surface area contributed by atoms with Crippen LogP contribution in [0.2, 0.25) is 0 Å². The van der Waals surface area contributed by atoms with E-state index in [2.05, 4.69) is 5.32 Å². The quantitative estimate of drug-likeness (QED) is 0.313. The number of hydrogen-bond donors (Lipinski definition) is 3. The number of nitrogens with two attached hydrogens (primary N) is 1. The number of rotatable bonds is 7. The minimum absolute atomic E-state index is 0.101. The number of nitro benzene ring substituents is 1. The summed E-state index contributed by atoms with van der Waals surface area (Å²) in [7, 11) is 0. The molecule has 0 aliphatic rings. The van der Waals surface area contributed by atoms with E-state index in [0.29, 0.717) is 5.56 Å². The van der Waals surface area contributed by atoms with Crippen molar-refractivity contribution in [1.82, 2.24) is 5.32 Å². The number of carbonyl (C=O) groups excluding carboxylic acids is 1. The van der Waals surface area contributed by atoms with Crippen molar-refractivity contribution in [2.75, 3.05) is 12.3 Å². The molecule has 7 nitrogen and oxygen atoms in total. The minimum atomic E-state index is -0.594. The third-order valence-electron chi connectivity index (χ3n) is 4.93. The first-order valence-electron chi connectivity index (χ1n) is 9.52. The van der Waals surface area contributed by atoms with Gasteiger partial charge in [-0.2, -0.15) is 0 Å². The molecule has 0 fully saturated rings. The van der Waals surface area contributed by atoms with E-state index < -0.39 is 16.7 Å². The van der Waals surface area contributed by atoms with Crippen LogP contribution in [0.1, 0.15) is 34.3 Å². The first kappa shape index (κ1) is 21.0. The number of amides is 1. The van der Waals surface area contributed by atoms with E-state index in [1.54, 1.807) is 6.92 Å². The Morgan fingerprint density at radius 1 is 1.10 bits per heavy atom. The molecule has 0 aliphatic heterocycles. The Bertz CT molecular complexity index is 1050. The second-order valence-electron chi connectivity index (χ2n) is 7.08. The molecule has 0 heterocycles. The number of aliphatic hydroxyl groups is 1. The molecule has 30 heavy (non-hydrogen) atoms. The molecular formula is C23H23N3O4. The van der Waals surface area contributed by atoms with E-state index in [1.807, 2.05) is 54.6 Å². The van der Waals surface area contributed by atoms with Crippen LogP contribution in [0.5, 0.6) is 0 Å². The number of nitro groups is 1. The molecule has 1 amide bonds. The van der Waals surface area contributed by atoms with Gasteiger partial charge in [-0.1, -0.05) is 61.5 Å².